The summed E-state index contributed by atoms with van der Waals surface area (Å²) < 4.78 is 12.0. The van der Waals surface area contributed by atoms with E-state index in [1.807, 2.05) is 13.0 Å². The van der Waals surface area contributed by atoms with E-state index in [2.05, 4.69) is 4.98 Å². The summed E-state index contributed by atoms with van der Waals surface area (Å²) in [7, 11) is 1.51. The van der Waals surface area contributed by atoms with E-state index in [0.29, 0.717) is 45.2 Å². The number of carbonyl (C=O) groups excluding carboxylic acids is 2. The molecule has 1 aromatic heterocycles. The van der Waals surface area contributed by atoms with Crippen LogP contribution in [0.15, 0.2) is 79.4 Å². The third-order valence-corrected chi connectivity index (χ3v) is 6.33. The second kappa shape index (κ2) is 15.2. The number of nitrogens with zero attached hydrogens (tertiary/aromatic N) is 3. The fraction of sp³-hybridized carbons (Fsp3) is 0.207. The van der Waals surface area contributed by atoms with Crippen molar-refractivity contribution in [3.8, 4) is 17.2 Å². The van der Waals surface area contributed by atoms with Gasteiger partial charge in [0.15, 0.2) is 11.5 Å². The number of benzene rings is 3. The van der Waals surface area contributed by atoms with E-state index in [1.54, 1.807) is 65.8 Å². The number of imidazole rings is 1. The molecule has 11 heteroatoms. The molecule has 0 aliphatic carbocycles. The van der Waals surface area contributed by atoms with Crippen LogP contribution in [0.3, 0.4) is 0 Å². The highest BCUT2D eigenvalue weighted by Crippen LogP contribution is 2.35. The second-order valence-electron chi connectivity index (χ2n) is 8.36. The van der Waals surface area contributed by atoms with Gasteiger partial charge in [-0.2, -0.15) is 0 Å². The van der Waals surface area contributed by atoms with Crippen LogP contribution in [0.4, 0.5) is 4.79 Å². The van der Waals surface area contributed by atoms with Crippen molar-refractivity contribution in [2.75, 3.05) is 26.8 Å². The minimum absolute atomic E-state index is 0.0711. The Morgan fingerprint density at radius 3 is 2.27 bits per heavy atom. The topological polar surface area (TPSA) is 93.9 Å². The molecule has 0 spiro atoms. The number of phenols is 1. The molecule has 4 aromatic rings. The number of rotatable bonds is 9. The predicted octanol–water partition coefficient (Wildman–Crippen LogP) is 7.23. The molecular formula is C29H28Cl3N3O5. The highest BCUT2D eigenvalue weighted by atomic mass is 35.5. The first kappa shape index (κ1) is 30.8. The van der Waals surface area contributed by atoms with Crippen molar-refractivity contribution in [3.63, 3.8) is 0 Å². The molecule has 0 unspecified atom stereocenters. The molecule has 210 valence electrons. The molecule has 0 aliphatic heterocycles. The standard InChI is InChI=1S/C15H16Cl3N3O2.C14H12O3/c1-2-4-20(15(22)21-5-3-19-10-21)6-7-23-14-12(17)8-11(16)9-13(14)18;1-17-11-7-8-12(13(15)9-11)14(16)10-5-3-2-4-6-10/h3,5,8-10H,2,4,6-7H2,1H3;2-9,15H,1H3. The Bertz CT molecular complexity index is 1390. The highest BCUT2D eigenvalue weighted by molar-refractivity contribution is 6.40. The molecule has 8 nitrogen and oxygen atoms in total. The second-order valence-corrected chi connectivity index (χ2v) is 9.62. The monoisotopic (exact) mass is 603 g/mol. The Hall–Kier alpha value is -3.72. The zero-order valence-electron chi connectivity index (χ0n) is 21.9. The molecule has 0 bridgehead atoms. The molecule has 1 amide bonds. The van der Waals surface area contributed by atoms with Gasteiger partial charge < -0.3 is 19.5 Å². The van der Waals surface area contributed by atoms with Crippen LogP contribution < -0.4 is 9.47 Å². The lowest BCUT2D eigenvalue weighted by Gasteiger charge is -2.22. The maximum atomic E-state index is 12.3. The number of ether oxygens (including phenoxy) is 2. The van der Waals surface area contributed by atoms with Crippen molar-refractivity contribution in [3.05, 3.63) is 106 Å². The normalized spacial score (nSPS) is 10.3. The molecule has 0 fully saturated rings. The van der Waals surface area contributed by atoms with Crippen LogP contribution >= 0.6 is 34.8 Å². The first-order valence-corrected chi connectivity index (χ1v) is 13.4. The number of aromatic nitrogens is 2. The molecule has 0 aliphatic rings. The van der Waals surface area contributed by atoms with E-state index in [0.717, 1.165) is 6.42 Å². The van der Waals surface area contributed by atoms with Crippen molar-refractivity contribution in [2.45, 2.75) is 13.3 Å². The average molecular weight is 605 g/mol. The zero-order valence-corrected chi connectivity index (χ0v) is 24.2. The van der Waals surface area contributed by atoms with E-state index in [1.165, 1.54) is 24.1 Å². The van der Waals surface area contributed by atoms with Gasteiger partial charge in [-0.25, -0.2) is 9.78 Å². The zero-order chi connectivity index (χ0) is 29.1. The summed E-state index contributed by atoms with van der Waals surface area (Å²) in [6.07, 6.45) is 5.48. The lowest BCUT2D eigenvalue weighted by atomic mass is 10.0. The van der Waals surface area contributed by atoms with E-state index in [4.69, 9.17) is 44.3 Å². The average Bonchev–Trinajstić information content (AvgIpc) is 3.49. The first-order valence-electron chi connectivity index (χ1n) is 12.3. The SMILES string of the molecule is CCCN(CCOc1c(Cl)cc(Cl)cc1Cl)C(=O)n1ccnc1.COc1ccc(C(=O)c2ccccc2)c(O)c1. The number of ketones is 1. The number of hydrogen-bond donors (Lipinski definition) is 1. The molecule has 3 aromatic carbocycles. The summed E-state index contributed by atoms with van der Waals surface area (Å²) in [4.78, 5) is 30.0. The van der Waals surface area contributed by atoms with Crippen LogP contribution in [0, 0.1) is 0 Å². The van der Waals surface area contributed by atoms with Crippen LogP contribution in [0.5, 0.6) is 17.2 Å². The fourth-order valence-corrected chi connectivity index (χ4v) is 4.53. The predicted molar refractivity (Wildman–Crippen MR) is 156 cm³/mol. The van der Waals surface area contributed by atoms with E-state index in [9.17, 15) is 14.7 Å². The van der Waals surface area contributed by atoms with Crippen LogP contribution in [0.2, 0.25) is 15.1 Å². The first-order chi connectivity index (χ1) is 19.2. The Labute approximate surface area is 247 Å². The summed E-state index contributed by atoms with van der Waals surface area (Å²) in [5.41, 5.74) is 0.824. The van der Waals surface area contributed by atoms with Gasteiger partial charge in [0.05, 0.1) is 29.3 Å². The lowest BCUT2D eigenvalue weighted by Crippen LogP contribution is -2.37. The number of phenolic OH excluding ortho intramolecular Hbond substituents is 1. The van der Waals surface area contributed by atoms with Crippen molar-refractivity contribution < 1.29 is 24.2 Å². The molecule has 1 heterocycles. The van der Waals surface area contributed by atoms with Gasteiger partial charge in [-0.05, 0) is 30.7 Å². The quantitative estimate of drug-likeness (QED) is 0.203. The van der Waals surface area contributed by atoms with Crippen LogP contribution in [0.1, 0.15) is 29.3 Å². The minimum Gasteiger partial charge on any atom is -0.507 e. The van der Waals surface area contributed by atoms with Gasteiger partial charge in [-0.15, -0.1) is 0 Å². The third kappa shape index (κ3) is 8.39. The maximum absolute atomic E-state index is 12.3. The van der Waals surface area contributed by atoms with Gasteiger partial charge >= 0.3 is 6.03 Å². The highest BCUT2D eigenvalue weighted by Gasteiger charge is 2.16. The summed E-state index contributed by atoms with van der Waals surface area (Å²) in [5.74, 6) is 0.611. The van der Waals surface area contributed by atoms with Gasteiger partial charge in [0, 0.05) is 35.6 Å². The molecule has 40 heavy (non-hydrogen) atoms. The Morgan fingerprint density at radius 1 is 1.00 bits per heavy atom. The Balaban J connectivity index is 0.000000230. The van der Waals surface area contributed by atoms with Crippen molar-refractivity contribution in [1.82, 2.24) is 14.5 Å². The molecular weight excluding hydrogens is 577 g/mol. The van der Waals surface area contributed by atoms with Gasteiger partial charge in [-0.3, -0.25) is 9.36 Å². The molecule has 0 saturated heterocycles. The summed E-state index contributed by atoms with van der Waals surface area (Å²) >= 11 is 18.0. The Kier molecular flexibility index (Phi) is 11.7. The fourth-order valence-electron chi connectivity index (χ4n) is 3.61. The van der Waals surface area contributed by atoms with Crippen LogP contribution in [-0.4, -0.2) is 58.2 Å². The van der Waals surface area contributed by atoms with Gasteiger partial charge in [-0.1, -0.05) is 72.1 Å². The van der Waals surface area contributed by atoms with Gasteiger partial charge in [0.25, 0.3) is 0 Å². The number of hydrogen-bond acceptors (Lipinski definition) is 6. The summed E-state index contributed by atoms with van der Waals surface area (Å²) in [5, 5.41) is 10.9. The van der Waals surface area contributed by atoms with Crippen molar-refractivity contribution >= 4 is 46.6 Å². The van der Waals surface area contributed by atoms with Crippen LogP contribution in [0.25, 0.3) is 0 Å². The van der Waals surface area contributed by atoms with Crippen LogP contribution in [-0.2, 0) is 0 Å². The molecule has 0 atom stereocenters. The van der Waals surface area contributed by atoms with Crippen molar-refractivity contribution in [2.24, 2.45) is 0 Å². The number of halogens is 3. The number of aromatic hydroxyl groups is 1. The van der Waals surface area contributed by atoms with Crippen molar-refractivity contribution in [1.29, 1.82) is 0 Å². The lowest BCUT2D eigenvalue weighted by molar-refractivity contribution is 0.103. The summed E-state index contributed by atoms with van der Waals surface area (Å²) in [6, 6.07) is 16.4. The molecule has 0 radical (unpaired) electrons. The summed E-state index contributed by atoms with van der Waals surface area (Å²) in [6.45, 7) is 3.28. The largest absolute Gasteiger partial charge is 0.507 e. The van der Waals surface area contributed by atoms with E-state index in [-0.39, 0.29) is 29.7 Å². The number of methoxy groups -OCH3 is 1. The third-order valence-electron chi connectivity index (χ3n) is 5.55. The molecule has 4 rings (SSSR count). The smallest absolute Gasteiger partial charge is 0.329 e. The molecule has 1 N–H and O–H groups in total. The molecule has 0 saturated carbocycles. The number of amides is 1. The van der Waals surface area contributed by atoms with Gasteiger partial charge in [0.1, 0.15) is 24.4 Å². The number of carbonyl (C=O) groups is 2. The maximum Gasteiger partial charge on any atom is 0.329 e. The van der Waals surface area contributed by atoms with Gasteiger partial charge in [0.2, 0.25) is 0 Å². The Morgan fingerprint density at radius 2 is 1.70 bits per heavy atom. The van der Waals surface area contributed by atoms with E-state index < -0.39 is 0 Å². The minimum atomic E-state index is -0.203. The van der Waals surface area contributed by atoms with E-state index >= 15 is 0 Å².